The topological polar surface area (TPSA) is 70.3 Å². The largest absolute Gasteiger partial charge is 0.507 e. The first-order valence-electron chi connectivity index (χ1n) is 4.73. The van der Waals surface area contributed by atoms with Gasteiger partial charge in [-0.3, -0.25) is 0 Å². The fourth-order valence-corrected chi connectivity index (χ4v) is 1.26. The lowest BCUT2D eigenvalue weighted by molar-refractivity contribution is 0.0515. The number of nitrogens with zero attached hydrogens (tertiary/aromatic N) is 1. The Labute approximate surface area is 96.0 Å². The van der Waals surface area contributed by atoms with E-state index in [1.165, 1.54) is 6.92 Å². The second-order valence-electron chi connectivity index (χ2n) is 3.09. The molecule has 0 aliphatic carbocycles. The summed E-state index contributed by atoms with van der Waals surface area (Å²) in [6.45, 7) is 1.56. The number of carbonyl (C=O) groups excluding carboxylic acids is 1. The SMILES string of the molecule is CCOC(=O)c1cc(O)c(C#N)cc1C(F)F. The first-order valence-corrected chi connectivity index (χ1v) is 4.73. The molecule has 90 valence electrons. The molecule has 0 aliphatic heterocycles. The molecule has 0 aliphatic rings. The molecule has 0 saturated heterocycles. The Morgan fingerprint density at radius 2 is 2.24 bits per heavy atom. The van der Waals surface area contributed by atoms with Gasteiger partial charge in [0, 0.05) is 5.56 Å². The van der Waals surface area contributed by atoms with Gasteiger partial charge in [0.15, 0.2) is 0 Å². The van der Waals surface area contributed by atoms with Crippen molar-refractivity contribution in [2.45, 2.75) is 13.3 Å². The normalized spacial score (nSPS) is 10.1. The van der Waals surface area contributed by atoms with Gasteiger partial charge in [-0.1, -0.05) is 0 Å². The van der Waals surface area contributed by atoms with Gasteiger partial charge in [-0.05, 0) is 19.1 Å². The lowest BCUT2D eigenvalue weighted by Gasteiger charge is -2.09. The van der Waals surface area contributed by atoms with Crippen LogP contribution >= 0.6 is 0 Å². The Bertz CT molecular complexity index is 480. The van der Waals surface area contributed by atoms with Crippen LogP contribution in [0.5, 0.6) is 5.75 Å². The molecule has 4 nitrogen and oxygen atoms in total. The van der Waals surface area contributed by atoms with Gasteiger partial charge in [0.1, 0.15) is 11.8 Å². The van der Waals surface area contributed by atoms with E-state index in [9.17, 15) is 18.7 Å². The monoisotopic (exact) mass is 241 g/mol. The van der Waals surface area contributed by atoms with Gasteiger partial charge in [-0.2, -0.15) is 5.26 Å². The molecule has 0 spiro atoms. The summed E-state index contributed by atoms with van der Waals surface area (Å²) in [6.07, 6.45) is -2.93. The minimum Gasteiger partial charge on any atom is -0.507 e. The number of benzene rings is 1. The average molecular weight is 241 g/mol. The van der Waals surface area contributed by atoms with Crippen LogP contribution in [0.3, 0.4) is 0 Å². The predicted octanol–water partition coefficient (Wildman–Crippen LogP) is 2.38. The molecule has 0 radical (unpaired) electrons. The number of phenolic OH excluding ortho intramolecular Hbond substituents is 1. The van der Waals surface area contributed by atoms with Crippen LogP contribution in [0.25, 0.3) is 0 Å². The highest BCUT2D eigenvalue weighted by atomic mass is 19.3. The minimum absolute atomic E-state index is 0.0300. The smallest absolute Gasteiger partial charge is 0.338 e. The van der Waals surface area contributed by atoms with Crippen molar-refractivity contribution < 1.29 is 23.4 Å². The van der Waals surface area contributed by atoms with Gasteiger partial charge in [-0.15, -0.1) is 0 Å². The van der Waals surface area contributed by atoms with Crippen molar-refractivity contribution in [3.05, 3.63) is 28.8 Å². The van der Waals surface area contributed by atoms with E-state index in [2.05, 4.69) is 4.74 Å². The standard InChI is InChI=1S/C11H9F2NO3/c1-2-17-11(16)8-4-9(15)6(5-14)3-7(8)10(12)13/h3-4,10,15H,2H2,1H3. The molecular weight excluding hydrogens is 232 g/mol. The van der Waals surface area contributed by atoms with Crippen LogP contribution in [-0.2, 0) is 4.74 Å². The molecule has 0 bridgehead atoms. The highest BCUT2D eigenvalue weighted by Gasteiger charge is 2.22. The molecule has 0 aromatic heterocycles. The quantitative estimate of drug-likeness (QED) is 0.825. The van der Waals surface area contributed by atoms with Crippen LogP contribution in [-0.4, -0.2) is 17.7 Å². The molecule has 1 N–H and O–H groups in total. The number of nitriles is 1. The number of alkyl halides is 2. The molecule has 0 saturated carbocycles. The van der Waals surface area contributed by atoms with Crippen molar-refractivity contribution >= 4 is 5.97 Å². The molecule has 0 fully saturated rings. The predicted molar refractivity (Wildman–Crippen MR) is 53.7 cm³/mol. The van der Waals surface area contributed by atoms with Gasteiger partial charge < -0.3 is 9.84 Å². The molecule has 0 unspecified atom stereocenters. The van der Waals surface area contributed by atoms with Gasteiger partial charge in [0.25, 0.3) is 6.43 Å². The number of carbonyl (C=O) groups is 1. The first-order chi connectivity index (χ1) is 8.01. The number of halogens is 2. The van der Waals surface area contributed by atoms with E-state index >= 15 is 0 Å². The van der Waals surface area contributed by atoms with Gasteiger partial charge in [-0.25, -0.2) is 13.6 Å². The van der Waals surface area contributed by atoms with E-state index in [4.69, 9.17) is 5.26 Å². The average Bonchev–Trinajstić information content (AvgIpc) is 2.28. The highest BCUT2D eigenvalue weighted by molar-refractivity contribution is 5.92. The summed E-state index contributed by atoms with van der Waals surface area (Å²) >= 11 is 0. The fourth-order valence-electron chi connectivity index (χ4n) is 1.26. The molecule has 0 atom stereocenters. The van der Waals surface area contributed by atoms with E-state index in [-0.39, 0.29) is 12.2 Å². The van der Waals surface area contributed by atoms with E-state index in [0.29, 0.717) is 0 Å². The zero-order chi connectivity index (χ0) is 13.0. The summed E-state index contributed by atoms with van der Waals surface area (Å²) in [4.78, 5) is 11.4. The second kappa shape index (κ2) is 5.25. The van der Waals surface area contributed by atoms with Crippen molar-refractivity contribution in [3.8, 4) is 11.8 Å². The van der Waals surface area contributed by atoms with Crippen LogP contribution in [0.1, 0.15) is 34.8 Å². The maximum absolute atomic E-state index is 12.7. The zero-order valence-electron chi connectivity index (χ0n) is 8.91. The van der Waals surface area contributed by atoms with Crippen LogP contribution in [0.2, 0.25) is 0 Å². The Morgan fingerprint density at radius 3 is 2.71 bits per heavy atom. The number of esters is 1. The third-order valence-corrected chi connectivity index (χ3v) is 2.02. The number of rotatable bonds is 3. The number of hydrogen-bond acceptors (Lipinski definition) is 4. The summed E-state index contributed by atoms with van der Waals surface area (Å²) in [6, 6.07) is 3.15. The number of hydrogen-bond donors (Lipinski definition) is 1. The molecule has 0 amide bonds. The summed E-state index contributed by atoms with van der Waals surface area (Å²) < 4.78 is 29.9. The third-order valence-electron chi connectivity index (χ3n) is 2.02. The summed E-state index contributed by atoms with van der Waals surface area (Å²) in [7, 11) is 0. The molecule has 1 aromatic rings. The highest BCUT2D eigenvalue weighted by Crippen LogP contribution is 2.29. The number of aromatic hydroxyl groups is 1. The van der Waals surface area contributed by atoms with Crippen LogP contribution in [0, 0.1) is 11.3 Å². The summed E-state index contributed by atoms with van der Waals surface area (Å²) in [5.74, 6) is -1.48. The fraction of sp³-hybridized carbons (Fsp3) is 0.273. The van der Waals surface area contributed by atoms with Crippen LogP contribution in [0.15, 0.2) is 12.1 Å². The number of ether oxygens (including phenoxy) is 1. The van der Waals surface area contributed by atoms with Crippen molar-refractivity contribution in [3.63, 3.8) is 0 Å². The Balaban J connectivity index is 3.34. The summed E-state index contributed by atoms with van der Waals surface area (Å²) in [5, 5.41) is 17.9. The van der Waals surface area contributed by atoms with Crippen molar-refractivity contribution in [1.82, 2.24) is 0 Å². The lowest BCUT2D eigenvalue weighted by atomic mass is 10.0. The van der Waals surface area contributed by atoms with Crippen molar-refractivity contribution in [2.24, 2.45) is 0 Å². The molecule has 6 heteroatoms. The Morgan fingerprint density at radius 1 is 1.59 bits per heavy atom. The number of phenols is 1. The van der Waals surface area contributed by atoms with Crippen molar-refractivity contribution in [1.29, 1.82) is 5.26 Å². The lowest BCUT2D eigenvalue weighted by Crippen LogP contribution is -2.09. The Hall–Kier alpha value is -2.16. The molecule has 1 rings (SSSR count). The van der Waals surface area contributed by atoms with E-state index in [1.54, 1.807) is 6.07 Å². The molecule has 17 heavy (non-hydrogen) atoms. The maximum Gasteiger partial charge on any atom is 0.338 e. The molecular formula is C11H9F2NO3. The summed E-state index contributed by atoms with van der Waals surface area (Å²) in [5.41, 5.74) is -1.37. The van der Waals surface area contributed by atoms with Crippen LogP contribution < -0.4 is 0 Å². The van der Waals surface area contributed by atoms with E-state index in [0.717, 1.165) is 12.1 Å². The van der Waals surface area contributed by atoms with E-state index in [1.807, 2.05) is 0 Å². The second-order valence-corrected chi connectivity index (χ2v) is 3.09. The van der Waals surface area contributed by atoms with Crippen molar-refractivity contribution in [2.75, 3.05) is 6.61 Å². The van der Waals surface area contributed by atoms with Gasteiger partial charge in [0.05, 0.1) is 17.7 Å². The van der Waals surface area contributed by atoms with E-state index < -0.39 is 29.3 Å². The third kappa shape index (κ3) is 2.69. The van der Waals surface area contributed by atoms with Gasteiger partial charge in [0.2, 0.25) is 0 Å². The van der Waals surface area contributed by atoms with Crippen LogP contribution in [0.4, 0.5) is 8.78 Å². The maximum atomic E-state index is 12.7. The van der Waals surface area contributed by atoms with Gasteiger partial charge >= 0.3 is 5.97 Å². The molecule has 1 aromatic carbocycles. The Kier molecular flexibility index (Phi) is 3.99. The first kappa shape index (κ1) is 12.9. The minimum atomic E-state index is -2.93. The molecule has 0 heterocycles. The zero-order valence-corrected chi connectivity index (χ0v) is 8.91.